The molecule has 0 aromatic carbocycles. The quantitative estimate of drug-likeness (QED) is 0.562. The van der Waals surface area contributed by atoms with Gasteiger partial charge in [-0.2, -0.15) is 0 Å². The fraction of sp³-hybridized carbons (Fsp3) is 0.917. The second-order valence-electron chi connectivity index (χ2n) is 4.53. The van der Waals surface area contributed by atoms with E-state index in [0.717, 1.165) is 31.7 Å². The molecule has 15 heavy (non-hydrogen) atoms. The predicted molar refractivity (Wildman–Crippen MR) is 60.4 cm³/mol. The standard InChI is InChI=1S/C12H23NO2/c1-15-12(14)11-7-5-10(6-8-11)4-2-3-9-13/h10-11H,2-9,13H2,1H3. The van der Waals surface area contributed by atoms with Crippen molar-refractivity contribution in [2.75, 3.05) is 13.7 Å². The first-order valence-electron chi connectivity index (χ1n) is 6.05. The van der Waals surface area contributed by atoms with Gasteiger partial charge in [-0.25, -0.2) is 0 Å². The fourth-order valence-electron chi connectivity index (χ4n) is 2.43. The van der Waals surface area contributed by atoms with Crippen LogP contribution in [0.3, 0.4) is 0 Å². The molecule has 1 rings (SSSR count). The van der Waals surface area contributed by atoms with Gasteiger partial charge in [0.05, 0.1) is 13.0 Å². The van der Waals surface area contributed by atoms with Gasteiger partial charge in [0, 0.05) is 0 Å². The summed E-state index contributed by atoms with van der Waals surface area (Å²) >= 11 is 0. The molecule has 88 valence electrons. The highest BCUT2D eigenvalue weighted by molar-refractivity contribution is 5.72. The van der Waals surface area contributed by atoms with Gasteiger partial charge in [0.2, 0.25) is 0 Å². The van der Waals surface area contributed by atoms with Gasteiger partial charge in [0.15, 0.2) is 0 Å². The van der Waals surface area contributed by atoms with E-state index in [1.165, 1.54) is 32.8 Å². The molecule has 0 unspecified atom stereocenters. The average Bonchev–Trinajstić information content (AvgIpc) is 2.29. The Morgan fingerprint density at radius 2 is 1.93 bits per heavy atom. The third-order valence-electron chi connectivity index (χ3n) is 3.45. The molecule has 0 amide bonds. The molecule has 0 aliphatic heterocycles. The molecule has 0 spiro atoms. The van der Waals surface area contributed by atoms with Crippen molar-refractivity contribution >= 4 is 5.97 Å². The minimum Gasteiger partial charge on any atom is -0.469 e. The van der Waals surface area contributed by atoms with Gasteiger partial charge in [0.25, 0.3) is 0 Å². The lowest BCUT2D eigenvalue weighted by atomic mass is 9.80. The highest BCUT2D eigenvalue weighted by Gasteiger charge is 2.26. The average molecular weight is 213 g/mol. The van der Waals surface area contributed by atoms with Crippen molar-refractivity contribution in [1.82, 2.24) is 0 Å². The van der Waals surface area contributed by atoms with E-state index in [0.29, 0.717) is 0 Å². The topological polar surface area (TPSA) is 52.3 Å². The summed E-state index contributed by atoms with van der Waals surface area (Å²) in [5, 5.41) is 0. The summed E-state index contributed by atoms with van der Waals surface area (Å²) < 4.78 is 4.77. The van der Waals surface area contributed by atoms with E-state index < -0.39 is 0 Å². The third-order valence-corrected chi connectivity index (χ3v) is 3.45. The first-order chi connectivity index (χ1) is 7.27. The van der Waals surface area contributed by atoms with Crippen molar-refractivity contribution in [2.45, 2.75) is 44.9 Å². The Bertz CT molecular complexity index is 186. The molecule has 0 radical (unpaired) electrons. The number of hydrogen-bond acceptors (Lipinski definition) is 3. The number of methoxy groups -OCH3 is 1. The van der Waals surface area contributed by atoms with Gasteiger partial charge in [-0.1, -0.05) is 12.8 Å². The molecule has 3 nitrogen and oxygen atoms in total. The van der Waals surface area contributed by atoms with Gasteiger partial charge in [0.1, 0.15) is 0 Å². The number of unbranched alkanes of at least 4 members (excludes halogenated alkanes) is 1. The monoisotopic (exact) mass is 213 g/mol. The van der Waals surface area contributed by atoms with Crippen LogP contribution in [0.4, 0.5) is 0 Å². The van der Waals surface area contributed by atoms with Crippen molar-refractivity contribution in [3.8, 4) is 0 Å². The molecular formula is C12H23NO2. The predicted octanol–water partition coefficient (Wildman–Crippen LogP) is 2.09. The van der Waals surface area contributed by atoms with Crippen LogP contribution in [0, 0.1) is 11.8 Å². The molecule has 1 aliphatic rings. The lowest BCUT2D eigenvalue weighted by molar-refractivity contribution is -0.146. The van der Waals surface area contributed by atoms with Crippen LogP contribution >= 0.6 is 0 Å². The highest BCUT2D eigenvalue weighted by Crippen LogP contribution is 2.32. The van der Waals surface area contributed by atoms with Crippen molar-refractivity contribution in [3.05, 3.63) is 0 Å². The molecule has 0 atom stereocenters. The Labute approximate surface area is 92.4 Å². The number of hydrogen-bond donors (Lipinski definition) is 1. The SMILES string of the molecule is COC(=O)C1CCC(CCCCN)CC1. The zero-order chi connectivity index (χ0) is 11.1. The lowest BCUT2D eigenvalue weighted by Gasteiger charge is -2.26. The van der Waals surface area contributed by atoms with E-state index in [2.05, 4.69) is 0 Å². The molecule has 0 aromatic rings. The smallest absolute Gasteiger partial charge is 0.308 e. The van der Waals surface area contributed by atoms with Gasteiger partial charge in [-0.05, 0) is 44.6 Å². The minimum atomic E-state index is -0.0181. The zero-order valence-electron chi connectivity index (χ0n) is 9.71. The number of rotatable bonds is 5. The van der Waals surface area contributed by atoms with Crippen LogP contribution in [-0.2, 0) is 9.53 Å². The summed E-state index contributed by atoms with van der Waals surface area (Å²) in [5.41, 5.74) is 5.46. The highest BCUT2D eigenvalue weighted by atomic mass is 16.5. The number of ether oxygens (including phenoxy) is 1. The Hall–Kier alpha value is -0.570. The van der Waals surface area contributed by atoms with E-state index in [4.69, 9.17) is 10.5 Å². The van der Waals surface area contributed by atoms with Gasteiger partial charge in [-0.15, -0.1) is 0 Å². The molecule has 0 bridgehead atoms. The first kappa shape index (κ1) is 12.5. The van der Waals surface area contributed by atoms with Gasteiger partial charge < -0.3 is 10.5 Å². The molecule has 1 aliphatic carbocycles. The Kier molecular flexibility index (Phi) is 5.69. The normalized spacial score (nSPS) is 26.3. The Morgan fingerprint density at radius 1 is 1.27 bits per heavy atom. The largest absolute Gasteiger partial charge is 0.469 e. The van der Waals surface area contributed by atoms with Crippen LogP contribution in [0.5, 0.6) is 0 Å². The van der Waals surface area contributed by atoms with E-state index in [1.807, 2.05) is 0 Å². The van der Waals surface area contributed by atoms with Crippen LogP contribution in [-0.4, -0.2) is 19.6 Å². The van der Waals surface area contributed by atoms with E-state index >= 15 is 0 Å². The maximum Gasteiger partial charge on any atom is 0.308 e. The Balaban J connectivity index is 2.15. The minimum absolute atomic E-state index is 0.0181. The number of nitrogens with two attached hydrogens (primary N) is 1. The summed E-state index contributed by atoms with van der Waals surface area (Å²) in [4.78, 5) is 11.3. The van der Waals surface area contributed by atoms with Crippen LogP contribution in [0.1, 0.15) is 44.9 Å². The number of esters is 1. The summed E-state index contributed by atoms with van der Waals surface area (Å²) in [6, 6.07) is 0. The molecule has 3 heteroatoms. The van der Waals surface area contributed by atoms with Crippen molar-refractivity contribution in [1.29, 1.82) is 0 Å². The van der Waals surface area contributed by atoms with Crippen LogP contribution < -0.4 is 5.73 Å². The second-order valence-corrected chi connectivity index (χ2v) is 4.53. The molecule has 0 aromatic heterocycles. The van der Waals surface area contributed by atoms with Crippen molar-refractivity contribution in [3.63, 3.8) is 0 Å². The Morgan fingerprint density at radius 3 is 2.47 bits per heavy atom. The summed E-state index contributed by atoms with van der Waals surface area (Å²) in [7, 11) is 1.48. The van der Waals surface area contributed by atoms with Gasteiger partial charge >= 0.3 is 5.97 Å². The molecule has 0 saturated heterocycles. The van der Waals surface area contributed by atoms with E-state index in [-0.39, 0.29) is 11.9 Å². The summed E-state index contributed by atoms with van der Waals surface area (Å²) in [6.45, 7) is 0.803. The summed E-state index contributed by atoms with van der Waals surface area (Å²) in [6.07, 6.45) is 8.06. The van der Waals surface area contributed by atoms with Crippen LogP contribution in [0.2, 0.25) is 0 Å². The summed E-state index contributed by atoms with van der Waals surface area (Å²) in [5.74, 6) is 0.966. The molecule has 2 N–H and O–H groups in total. The fourth-order valence-corrected chi connectivity index (χ4v) is 2.43. The number of carbonyl (C=O) groups is 1. The maximum absolute atomic E-state index is 11.3. The molecule has 0 heterocycles. The first-order valence-corrected chi connectivity index (χ1v) is 6.05. The zero-order valence-corrected chi connectivity index (χ0v) is 9.71. The van der Waals surface area contributed by atoms with E-state index in [1.54, 1.807) is 0 Å². The van der Waals surface area contributed by atoms with Crippen LogP contribution in [0.15, 0.2) is 0 Å². The lowest BCUT2D eigenvalue weighted by Crippen LogP contribution is -2.22. The van der Waals surface area contributed by atoms with Crippen molar-refractivity contribution < 1.29 is 9.53 Å². The molecular weight excluding hydrogens is 190 g/mol. The molecule has 1 fully saturated rings. The maximum atomic E-state index is 11.3. The van der Waals surface area contributed by atoms with Crippen LogP contribution in [0.25, 0.3) is 0 Å². The third kappa shape index (κ3) is 4.20. The van der Waals surface area contributed by atoms with E-state index in [9.17, 15) is 4.79 Å². The van der Waals surface area contributed by atoms with Crippen molar-refractivity contribution in [2.24, 2.45) is 17.6 Å². The molecule has 1 saturated carbocycles. The number of carbonyl (C=O) groups excluding carboxylic acids is 1. The van der Waals surface area contributed by atoms with Gasteiger partial charge in [-0.3, -0.25) is 4.79 Å². The second kappa shape index (κ2) is 6.83.